The number of nitrogens with one attached hydrogen (secondary N) is 2. The summed E-state index contributed by atoms with van der Waals surface area (Å²) in [6.07, 6.45) is 5.27. The molecule has 0 unspecified atom stereocenters. The summed E-state index contributed by atoms with van der Waals surface area (Å²) in [4.78, 5) is 12.0. The van der Waals surface area contributed by atoms with Gasteiger partial charge in [0.2, 0.25) is 5.91 Å². The molecule has 1 aromatic carbocycles. The minimum Gasteiger partial charge on any atom is -0.366 e. The summed E-state index contributed by atoms with van der Waals surface area (Å²) < 4.78 is 0. The van der Waals surface area contributed by atoms with E-state index in [-0.39, 0.29) is 5.91 Å². The van der Waals surface area contributed by atoms with Gasteiger partial charge in [0, 0.05) is 6.04 Å². The van der Waals surface area contributed by atoms with Gasteiger partial charge in [-0.05, 0) is 37.5 Å². The lowest BCUT2D eigenvalue weighted by atomic mass is 10.1. The van der Waals surface area contributed by atoms with Crippen molar-refractivity contribution in [1.29, 1.82) is 0 Å². The summed E-state index contributed by atoms with van der Waals surface area (Å²) in [6.45, 7) is 2.03. The zero-order valence-electron chi connectivity index (χ0n) is 13.4. The summed E-state index contributed by atoms with van der Waals surface area (Å²) in [6, 6.07) is 12.1. The number of carbonyl (C=O) groups is 1. The number of benzene rings is 1. The second kappa shape index (κ2) is 7.22. The van der Waals surface area contributed by atoms with E-state index in [2.05, 4.69) is 20.8 Å². The number of amides is 1. The predicted octanol–water partition coefficient (Wildman–Crippen LogP) is 3.32. The second-order valence-corrected chi connectivity index (χ2v) is 6.14. The van der Waals surface area contributed by atoms with Crippen molar-refractivity contribution < 1.29 is 4.79 Å². The Morgan fingerprint density at radius 2 is 1.70 bits per heavy atom. The quantitative estimate of drug-likeness (QED) is 0.889. The fraction of sp³-hybridized carbons (Fsp3) is 0.389. The average molecular weight is 310 g/mol. The van der Waals surface area contributed by atoms with Crippen LogP contribution >= 0.6 is 0 Å². The van der Waals surface area contributed by atoms with Crippen molar-refractivity contribution in [2.45, 2.75) is 45.1 Å². The molecule has 0 aliphatic heterocycles. The van der Waals surface area contributed by atoms with Gasteiger partial charge in [-0.1, -0.05) is 42.7 Å². The van der Waals surface area contributed by atoms with Crippen molar-refractivity contribution in [2.24, 2.45) is 0 Å². The maximum Gasteiger partial charge on any atom is 0.229 e. The Morgan fingerprint density at radius 1 is 1.04 bits per heavy atom. The summed E-state index contributed by atoms with van der Waals surface area (Å²) in [7, 11) is 0. The predicted molar refractivity (Wildman–Crippen MR) is 91.4 cm³/mol. The van der Waals surface area contributed by atoms with Crippen molar-refractivity contribution in [3.63, 3.8) is 0 Å². The lowest BCUT2D eigenvalue weighted by Gasteiger charge is -2.12. The Bertz CT molecular complexity index is 646. The Hall–Kier alpha value is -2.43. The van der Waals surface area contributed by atoms with Crippen LogP contribution in [-0.2, 0) is 11.2 Å². The molecular formula is C18H22N4O. The topological polar surface area (TPSA) is 66.9 Å². The van der Waals surface area contributed by atoms with Crippen molar-refractivity contribution in [3.05, 3.63) is 47.5 Å². The molecule has 5 nitrogen and oxygen atoms in total. The minimum atomic E-state index is -0.0837. The first-order valence-electron chi connectivity index (χ1n) is 8.15. The molecule has 5 heteroatoms. The summed E-state index contributed by atoms with van der Waals surface area (Å²) in [5, 5.41) is 14.4. The van der Waals surface area contributed by atoms with E-state index in [9.17, 15) is 4.79 Å². The molecule has 0 atom stereocenters. The number of carbonyl (C=O) groups excluding carboxylic acids is 1. The van der Waals surface area contributed by atoms with Crippen molar-refractivity contribution in [2.75, 3.05) is 10.6 Å². The van der Waals surface area contributed by atoms with E-state index in [1.54, 1.807) is 6.07 Å². The number of aryl methyl sites for hydroxylation is 1. The molecule has 1 heterocycles. The Labute approximate surface area is 136 Å². The van der Waals surface area contributed by atoms with Crippen LogP contribution in [0.2, 0.25) is 0 Å². The highest BCUT2D eigenvalue weighted by Crippen LogP contribution is 2.21. The van der Waals surface area contributed by atoms with Crippen LogP contribution in [0.25, 0.3) is 0 Å². The van der Waals surface area contributed by atoms with Crippen LogP contribution in [0.15, 0.2) is 36.4 Å². The van der Waals surface area contributed by atoms with Crippen LogP contribution < -0.4 is 10.6 Å². The first kappa shape index (κ1) is 15.5. The molecule has 1 saturated carbocycles. The van der Waals surface area contributed by atoms with Crippen molar-refractivity contribution in [3.8, 4) is 0 Å². The third-order valence-corrected chi connectivity index (χ3v) is 4.12. The first-order valence-corrected chi connectivity index (χ1v) is 8.15. The van der Waals surface area contributed by atoms with E-state index < -0.39 is 0 Å². The van der Waals surface area contributed by atoms with Gasteiger partial charge in [-0.3, -0.25) is 4.79 Å². The van der Waals surface area contributed by atoms with E-state index in [0.717, 1.165) is 11.4 Å². The Balaban J connectivity index is 1.52. The molecular weight excluding hydrogens is 288 g/mol. The monoisotopic (exact) mass is 310 g/mol. The van der Waals surface area contributed by atoms with Gasteiger partial charge in [-0.2, -0.15) is 0 Å². The maximum atomic E-state index is 12.0. The van der Waals surface area contributed by atoms with Gasteiger partial charge in [0.1, 0.15) is 5.82 Å². The van der Waals surface area contributed by atoms with Gasteiger partial charge in [0.15, 0.2) is 5.82 Å². The number of hydrogen-bond donors (Lipinski definition) is 2. The van der Waals surface area contributed by atoms with Crippen LogP contribution in [-0.4, -0.2) is 22.1 Å². The lowest BCUT2D eigenvalue weighted by molar-refractivity contribution is -0.115. The van der Waals surface area contributed by atoms with E-state index in [0.29, 0.717) is 18.3 Å². The summed E-state index contributed by atoms with van der Waals surface area (Å²) in [5.41, 5.74) is 2.17. The average Bonchev–Trinajstić information content (AvgIpc) is 3.04. The maximum absolute atomic E-state index is 12.0. The summed E-state index contributed by atoms with van der Waals surface area (Å²) >= 11 is 0. The fourth-order valence-corrected chi connectivity index (χ4v) is 2.83. The van der Waals surface area contributed by atoms with Crippen LogP contribution in [0.4, 0.5) is 11.6 Å². The van der Waals surface area contributed by atoms with E-state index in [4.69, 9.17) is 0 Å². The van der Waals surface area contributed by atoms with Gasteiger partial charge in [-0.15, -0.1) is 10.2 Å². The zero-order chi connectivity index (χ0) is 16.1. The zero-order valence-corrected chi connectivity index (χ0v) is 13.4. The number of rotatable bonds is 5. The molecule has 1 amide bonds. The second-order valence-electron chi connectivity index (χ2n) is 6.14. The third kappa shape index (κ3) is 4.52. The number of nitrogens with zero attached hydrogens (tertiary/aromatic N) is 2. The minimum absolute atomic E-state index is 0.0837. The van der Waals surface area contributed by atoms with Gasteiger partial charge in [-0.25, -0.2) is 0 Å². The van der Waals surface area contributed by atoms with E-state index >= 15 is 0 Å². The Kier molecular flexibility index (Phi) is 4.86. The third-order valence-electron chi connectivity index (χ3n) is 4.12. The molecule has 2 aromatic rings. The normalized spacial score (nSPS) is 14.7. The molecule has 1 aromatic heterocycles. The largest absolute Gasteiger partial charge is 0.366 e. The molecule has 0 spiro atoms. The van der Waals surface area contributed by atoms with Gasteiger partial charge >= 0.3 is 0 Å². The van der Waals surface area contributed by atoms with Gasteiger partial charge in [0.05, 0.1) is 6.42 Å². The van der Waals surface area contributed by atoms with E-state index in [1.807, 2.05) is 37.3 Å². The highest BCUT2D eigenvalue weighted by Gasteiger charge is 2.15. The number of hydrogen-bond acceptors (Lipinski definition) is 4. The highest BCUT2D eigenvalue weighted by atomic mass is 16.1. The first-order chi connectivity index (χ1) is 11.2. The van der Waals surface area contributed by atoms with Crippen LogP contribution in [0.3, 0.4) is 0 Å². The summed E-state index contributed by atoms with van der Waals surface area (Å²) in [5.74, 6) is 1.17. The fourth-order valence-electron chi connectivity index (χ4n) is 2.83. The lowest BCUT2D eigenvalue weighted by Crippen LogP contribution is -2.18. The number of aromatic nitrogens is 2. The van der Waals surface area contributed by atoms with Gasteiger partial charge in [0.25, 0.3) is 0 Å². The van der Waals surface area contributed by atoms with Crippen molar-refractivity contribution >= 4 is 17.5 Å². The highest BCUT2D eigenvalue weighted by molar-refractivity contribution is 5.91. The van der Waals surface area contributed by atoms with Crippen LogP contribution in [0, 0.1) is 6.92 Å². The molecule has 3 rings (SSSR count). The smallest absolute Gasteiger partial charge is 0.229 e. The molecule has 23 heavy (non-hydrogen) atoms. The molecule has 1 fully saturated rings. The van der Waals surface area contributed by atoms with Crippen LogP contribution in [0.1, 0.15) is 36.8 Å². The molecule has 1 aliphatic rings. The van der Waals surface area contributed by atoms with Crippen LogP contribution in [0.5, 0.6) is 0 Å². The molecule has 0 radical (unpaired) electrons. The Morgan fingerprint density at radius 3 is 2.35 bits per heavy atom. The van der Waals surface area contributed by atoms with Gasteiger partial charge < -0.3 is 10.6 Å². The molecule has 1 aliphatic carbocycles. The number of anilines is 2. The van der Waals surface area contributed by atoms with Crippen molar-refractivity contribution in [1.82, 2.24) is 10.2 Å². The molecule has 2 N–H and O–H groups in total. The van der Waals surface area contributed by atoms with E-state index in [1.165, 1.54) is 31.2 Å². The molecule has 0 saturated heterocycles. The SMILES string of the molecule is Cc1ccc(CC(=O)Nc2ccc(NC3CCCC3)nn2)cc1. The molecule has 120 valence electrons. The molecule has 0 bridgehead atoms. The standard InChI is InChI=1S/C18H22N4O/c1-13-6-8-14(9-7-13)12-18(23)20-17-11-10-16(21-22-17)19-15-4-2-3-5-15/h6-11,15H,2-5,12H2,1H3,(H,19,21)(H,20,22,23).